The van der Waals surface area contributed by atoms with Crippen LogP contribution in [0.5, 0.6) is 0 Å². The van der Waals surface area contributed by atoms with Crippen LogP contribution in [0, 0.1) is 10.1 Å². The molecule has 0 bridgehead atoms. The van der Waals surface area contributed by atoms with E-state index in [-0.39, 0.29) is 11.6 Å². The predicted octanol–water partition coefficient (Wildman–Crippen LogP) is 1.74. The minimum atomic E-state index is -0.499. The second-order valence-electron chi connectivity index (χ2n) is 4.12. The molecule has 20 heavy (non-hydrogen) atoms. The summed E-state index contributed by atoms with van der Waals surface area (Å²) < 4.78 is 1.79. The number of carbonyl (C=O) groups excluding carboxylic acids is 1. The molecule has 7 nitrogen and oxygen atoms in total. The molecule has 7 heteroatoms. The molecule has 0 unspecified atom stereocenters. The number of aryl methyl sites for hydroxylation is 1. The highest BCUT2D eigenvalue weighted by atomic mass is 16.6. The molecule has 0 aliphatic carbocycles. The number of nitro benzene ring substituents is 1. The zero-order chi connectivity index (χ0) is 14.5. The van der Waals surface area contributed by atoms with Gasteiger partial charge in [-0.1, -0.05) is 0 Å². The molecule has 0 atom stereocenters. The lowest BCUT2D eigenvalue weighted by Crippen LogP contribution is -2.24. The summed E-state index contributed by atoms with van der Waals surface area (Å²) in [4.78, 5) is 21.9. The number of amides is 1. The number of rotatable bonds is 5. The number of nitrogens with zero attached hydrogens (tertiary/aromatic N) is 3. The van der Waals surface area contributed by atoms with E-state index < -0.39 is 4.92 Å². The minimum absolute atomic E-state index is 0.0365. The Labute approximate surface area is 115 Å². The summed E-state index contributed by atoms with van der Waals surface area (Å²) in [5.74, 6) is -0.274. The fourth-order valence-electron chi connectivity index (χ4n) is 1.80. The van der Waals surface area contributed by atoms with E-state index in [4.69, 9.17) is 0 Å². The normalized spacial score (nSPS) is 10.2. The molecule has 104 valence electrons. The molecule has 0 saturated heterocycles. The number of carbonyl (C=O) groups is 1. The van der Waals surface area contributed by atoms with Crippen LogP contribution in [0.2, 0.25) is 0 Å². The van der Waals surface area contributed by atoms with Crippen LogP contribution in [0.1, 0.15) is 23.0 Å². The maximum Gasteiger partial charge on any atom is 0.269 e. The molecule has 0 fully saturated rings. The van der Waals surface area contributed by atoms with E-state index in [0.717, 1.165) is 12.2 Å². The van der Waals surface area contributed by atoms with E-state index >= 15 is 0 Å². The van der Waals surface area contributed by atoms with Gasteiger partial charge in [-0.2, -0.15) is 5.10 Å². The van der Waals surface area contributed by atoms with Gasteiger partial charge >= 0.3 is 0 Å². The third-order valence-electron chi connectivity index (χ3n) is 2.87. The largest absolute Gasteiger partial charge is 0.346 e. The molecule has 1 aromatic heterocycles. The number of nitro groups is 1. The Hall–Kier alpha value is -2.70. The van der Waals surface area contributed by atoms with E-state index in [0.29, 0.717) is 12.1 Å². The molecule has 0 saturated carbocycles. The van der Waals surface area contributed by atoms with Crippen molar-refractivity contribution >= 4 is 11.6 Å². The molecule has 0 aliphatic heterocycles. The lowest BCUT2D eigenvalue weighted by Gasteiger charge is -2.07. The lowest BCUT2D eigenvalue weighted by atomic mass is 10.2. The number of aromatic nitrogens is 2. The summed E-state index contributed by atoms with van der Waals surface area (Å²) in [7, 11) is 0. The van der Waals surface area contributed by atoms with Crippen molar-refractivity contribution in [2.24, 2.45) is 0 Å². The zero-order valence-corrected chi connectivity index (χ0v) is 10.9. The quantitative estimate of drug-likeness (QED) is 0.664. The van der Waals surface area contributed by atoms with E-state index in [9.17, 15) is 14.9 Å². The van der Waals surface area contributed by atoms with E-state index in [1.807, 2.05) is 13.0 Å². The highest BCUT2D eigenvalue weighted by molar-refractivity contribution is 5.94. The standard InChI is InChI=1S/C13H14N4O3/c1-2-16-12(7-8-15-16)9-14-13(18)10-3-5-11(6-4-10)17(19)20/h3-8H,2,9H2,1H3,(H,14,18). The van der Waals surface area contributed by atoms with E-state index in [1.165, 1.54) is 24.3 Å². The first-order chi connectivity index (χ1) is 9.61. The topological polar surface area (TPSA) is 90.1 Å². The van der Waals surface area contributed by atoms with Crippen molar-refractivity contribution in [1.82, 2.24) is 15.1 Å². The average molecular weight is 274 g/mol. The van der Waals surface area contributed by atoms with Crippen LogP contribution in [0.3, 0.4) is 0 Å². The van der Waals surface area contributed by atoms with E-state index in [2.05, 4.69) is 10.4 Å². The molecule has 2 aromatic rings. The third kappa shape index (κ3) is 3.00. The molecule has 0 radical (unpaired) electrons. The van der Waals surface area contributed by atoms with Gasteiger partial charge in [0.1, 0.15) is 0 Å². The molecule has 0 aliphatic rings. The van der Waals surface area contributed by atoms with Gasteiger partial charge in [0.15, 0.2) is 0 Å². The fourth-order valence-corrected chi connectivity index (χ4v) is 1.80. The third-order valence-corrected chi connectivity index (χ3v) is 2.87. The number of nitrogens with one attached hydrogen (secondary N) is 1. The Morgan fingerprint density at radius 2 is 2.05 bits per heavy atom. The maximum absolute atomic E-state index is 11.9. The van der Waals surface area contributed by atoms with Crippen molar-refractivity contribution in [2.75, 3.05) is 0 Å². The summed E-state index contributed by atoms with van der Waals surface area (Å²) in [6.45, 7) is 3.06. The average Bonchev–Trinajstić information content (AvgIpc) is 2.92. The molecule has 2 rings (SSSR count). The Kier molecular flexibility index (Phi) is 4.09. The number of hydrogen-bond donors (Lipinski definition) is 1. The van der Waals surface area contributed by atoms with Gasteiger partial charge in [0, 0.05) is 30.4 Å². The van der Waals surface area contributed by atoms with Crippen molar-refractivity contribution in [2.45, 2.75) is 20.0 Å². The summed E-state index contributed by atoms with van der Waals surface area (Å²) in [6, 6.07) is 7.32. The lowest BCUT2D eigenvalue weighted by molar-refractivity contribution is -0.384. The molecule has 1 N–H and O–H groups in total. The molecule has 1 heterocycles. The van der Waals surface area contributed by atoms with Crippen molar-refractivity contribution in [3.05, 3.63) is 57.9 Å². The van der Waals surface area contributed by atoms with Gasteiger partial charge in [-0.05, 0) is 25.1 Å². The zero-order valence-electron chi connectivity index (χ0n) is 10.9. The first-order valence-electron chi connectivity index (χ1n) is 6.15. The van der Waals surface area contributed by atoms with Crippen LogP contribution in [0.4, 0.5) is 5.69 Å². The molecular formula is C13H14N4O3. The van der Waals surface area contributed by atoms with Crippen molar-refractivity contribution in [3.63, 3.8) is 0 Å². The van der Waals surface area contributed by atoms with E-state index in [1.54, 1.807) is 10.9 Å². The van der Waals surface area contributed by atoms with Crippen molar-refractivity contribution < 1.29 is 9.72 Å². The van der Waals surface area contributed by atoms with Gasteiger partial charge in [0.25, 0.3) is 11.6 Å². The summed E-state index contributed by atoms with van der Waals surface area (Å²) in [5, 5.41) is 17.4. The smallest absolute Gasteiger partial charge is 0.269 e. The Morgan fingerprint density at radius 3 is 2.65 bits per heavy atom. The second kappa shape index (κ2) is 5.96. The number of hydrogen-bond acceptors (Lipinski definition) is 4. The van der Waals surface area contributed by atoms with Crippen LogP contribution >= 0.6 is 0 Å². The van der Waals surface area contributed by atoms with Crippen LogP contribution in [-0.4, -0.2) is 20.6 Å². The van der Waals surface area contributed by atoms with Crippen LogP contribution in [0.25, 0.3) is 0 Å². The van der Waals surface area contributed by atoms with Gasteiger partial charge in [0.05, 0.1) is 17.2 Å². The second-order valence-corrected chi connectivity index (χ2v) is 4.12. The van der Waals surface area contributed by atoms with Gasteiger partial charge in [-0.25, -0.2) is 0 Å². The van der Waals surface area contributed by atoms with Gasteiger partial charge < -0.3 is 5.32 Å². The number of benzene rings is 1. The minimum Gasteiger partial charge on any atom is -0.346 e. The molecule has 1 amide bonds. The van der Waals surface area contributed by atoms with Crippen LogP contribution in [-0.2, 0) is 13.1 Å². The predicted molar refractivity (Wildman–Crippen MR) is 72.2 cm³/mol. The van der Waals surface area contributed by atoms with Gasteiger partial charge in [-0.15, -0.1) is 0 Å². The summed E-state index contributed by atoms with van der Waals surface area (Å²) in [5.41, 5.74) is 1.26. The van der Waals surface area contributed by atoms with Crippen LogP contribution in [0.15, 0.2) is 36.5 Å². The van der Waals surface area contributed by atoms with Crippen molar-refractivity contribution in [1.29, 1.82) is 0 Å². The Balaban J connectivity index is 2.00. The first-order valence-corrected chi connectivity index (χ1v) is 6.15. The summed E-state index contributed by atoms with van der Waals surface area (Å²) in [6.07, 6.45) is 1.68. The molecule has 1 aromatic carbocycles. The summed E-state index contributed by atoms with van der Waals surface area (Å²) >= 11 is 0. The van der Waals surface area contributed by atoms with Crippen molar-refractivity contribution in [3.8, 4) is 0 Å². The highest BCUT2D eigenvalue weighted by Crippen LogP contribution is 2.11. The van der Waals surface area contributed by atoms with Gasteiger partial charge in [-0.3, -0.25) is 19.6 Å². The van der Waals surface area contributed by atoms with Gasteiger partial charge in [0.2, 0.25) is 0 Å². The first kappa shape index (κ1) is 13.7. The highest BCUT2D eigenvalue weighted by Gasteiger charge is 2.10. The van der Waals surface area contributed by atoms with Crippen LogP contribution < -0.4 is 5.32 Å². The fraction of sp³-hybridized carbons (Fsp3) is 0.231. The Morgan fingerprint density at radius 1 is 1.35 bits per heavy atom. The number of non-ortho nitro benzene ring substituents is 1. The monoisotopic (exact) mass is 274 g/mol. The SMILES string of the molecule is CCn1nccc1CNC(=O)c1ccc([N+](=O)[O-])cc1. The maximum atomic E-state index is 11.9. The Bertz CT molecular complexity index is 619. The molecule has 0 spiro atoms. The molecular weight excluding hydrogens is 260 g/mol.